The molecule has 6 heteroatoms. The van der Waals surface area contributed by atoms with E-state index >= 15 is 0 Å². The molecular weight excluding hydrogens is 440 g/mol. The molecule has 5 aliphatic rings. The van der Waals surface area contributed by atoms with Gasteiger partial charge in [-0.1, -0.05) is 26.7 Å². The van der Waals surface area contributed by atoms with Gasteiger partial charge in [-0.3, -0.25) is 14.6 Å². The highest BCUT2D eigenvalue weighted by atomic mass is 16.5. The molecule has 6 nitrogen and oxygen atoms in total. The number of fused-ring (bicyclic) bond motifs is 1. The summed E-state index contributed by atoms with van der Waals surface area (Å²) in [5, 5.41) is 11.1. The van der Waals surface area contributed by atoms with Gasteiger partial charge in [0, 0.05) is 37.5 Å². The van der Waals surface area contributed by atoms with Crippen molar-refractivity contribution in [3.63, 3.8) is 0 Å². The summed E-state index contributed by atoms with van der Waals surface area (Å²) in [5.74, 6) is 2.55. The van der Waals surface area contributed by atoms with Gasteiger partial charge in [-0.2, -0.15) is 0 Å². The van der Waals surface area contributed by atoms with E-state index in [1.54, 1.807) is 6.92 Å². The zero-order valence-corrected chi connectivity index (χ0v) is 22.5. The van der Waals surface area contributed by atoms with Gasteiger partial charge in [0.1, 0.15) is 6.10 Å². The van der Waals surface area contributed by atoms with E-state index in [1.165, 1.54) is 51.4 Å². The van der Waals surface area contributed by atoms with Crippen LogP contribution >= 0.6 is 0 Å². The molecule has 1 N–H and O–H groups in total. The zero-order valence-electron chi connectivity index (χ0n) is 22.5. The number of hydrogen-bond acceptors (Lipinski definition) is 6. The Bertz CT molecular complexity index is 721. The number of aliphatic hydroxyl groups is 1. The number of nitrogens with zero attached hydrogens (tertiary/aromatic N) is 2. The maximum absolute atomic E-state index is 12.1. The number of carbonyl (C=O) groups is 1. The second kappa shape index (κ2) is 11.0. The van der Waals surface area contributed by atoms with Crippen molar-refractivity contribution in [3.05, 3.63) is 0 Å². The Labute approximate surface area is 213 Å². The Hall–Kier alpha value is -0.690. The molecule has 0 aromatic rings. The van der Waals surface area contributed by atoms with Gasteiger partial charge >= 0.3 is 5.97 Å². The van der Waals surface area contributed by atoms with Crippen LogP contribution < -0.4 is 0 Å². The van der Waals surface area contributed by atoms with E-state index in [0.29, 0.717) is 29.8 Å². The molecule has 3 saturated carbocycles. The van der Waals surface area contributed by atoms with Crippen molar-refractivity contribution in [2.75, 3.05) is 39.4 Å². The van der Waals surface area contributed by atoms with E-state index in [1.807, 2.05) is 0 Å². The van der Waals surface area contributed by atoms with Crippen molar-refractivity contribution < 1.29 is 19.4 Å². The molecular formula is C29H50N2O4. The van der Waals surface area contributed by atoms with Crippen molar-refractivity contribution in [2.24, 2.45) is 29.1 Å². The lowest BCUT2D eigenvalue weighted by atomic mass is 9.62. The van der Waals surface area contributed by atoms with Crippen LogP contribution in [0.3, 0.4) is 0 Å². The molecule has 2 heterocycles. The highest BCUT2D eigenvalue weighted by Crippen LogP contribution is 2.58. The average molecular weight is 491 g/mol. The fourth-order valence-electron chi connectivity index (χ4n) is 9.02. The molecule has 0 aromatic heterocycles. The minimum atomic E-state index is -0.203. The quantitative estimate of drug-likeness (QED) is 0.566. The summed E-state index contributed by atoms with van der Waals surface area (Å²) in [4.78, 5) is 17.2. The van der Waals surface area contributed by atoms with Crippen LogP contribution in [0, 0.1) is 29.1 Å². The molecule has 5 rings (SSSR count). The summed E-state index contributed by atoms with van der Waals surface area (Å²) in [6.45, 7) is 12.3. The molecule has 0 amide bonds. The monoisotopic (exact) mass is 490 g/mol. The molecule has 3 aliphatic carbocycles. The summed E-state index contributed by atoms with van der Waals surface area (Å²) in [6.07, 6.45) is 11.9. The summed E-state index contributed by atoms with van der Waals surface area (Å²) in [7, 11) is 0. The number of rotatable bonds is 6. The minimum absolute atomic E-state index is 0.0515. The van der Waals surface area contributed by atoms with Crippen LogP contribution in [0.15, 0.2) is 0 Å². The van der Waals surface area contributed by atoms with Crippen LogP contribution in [0.4, 0.5) is 0 Å². The summed E-state index contributed by atoms with van der Waals surface area (Å²) < 4.78 is 11.7. The normalized spacial score (nSPS) is 45.4. The molecule has 2 aliphatic heterocycles. The van der Waals surface area contributed by atoms with Crippen LogP contribution in [0.5, 0.6) is 0 Å². The molecule has 35 heavy (non-hydrogen) atoms. The highest BCUT2D eigenvalue weighted by molar-refractivity contribution is 5.66. The zero-order chi connectivity index (χ0) is 24.6. The topological polar surface area (TPSA) is 62.2 Å². The first-order valence-corrected chi connectivity index (χ1v) is 14.8. The molecule has 2 saturated heterocycles. The van der Waals surface area contributed by atoms with Crippen molar-refractivity contribution in [3.8, 4) is 0 Å². The van der Waals surface area contributed by atoms with E-state index in [0.717, 1.165) is 58.2 Å². The Kier molecular flexibility index (Phi) is 8.13. The van der Waals surface area contributed by atoms with Gasteiger partial charge in [0.2, 0.25) is 0 Å². The second-order valence-corrected chi connectivity index (χ2v) is 12.9. The Morgan fingerprint density at radius 2 is 1.66 bits per heavy atom. The number of ether oxygens (including phenoxy) is 2. The first-order chi connectivity index (χ1) is 16.9. The van der Waals surface area contributed by atoms with Crippen molar-refractivity contribution >= 4 is 5.97 Å². The third-order valence-corrected chi connectivity index (χ3v) is 10.9. The predicted octanol–water partition coefficient (Wildman–Crippen LogP) is 4.10. The first-order valence-electron chi connectivity index (χ1n) is 14.8. The highest BCUT2D eigenvalue weighted by Gasteiger charge is 2.58. The van der Waals surface area contributed by atoms with Crippen LogP contribution in [0.25, 0.3) is 0 Å². The standard InChI is InChI=1S/C29H50N2O4/c1-20-17-25(31-13-15-34-16-14-31)27(33)18-23(20)9-8-22-7-6-10-29(3)24(22)19-26(28(29)35-21(2)32)30-11-4-5-12-30/h20,22-28,33H,4-19H2,1-3H3/t20-,22?,23+,24?,25+,26+,27+,28+,29+/m1/s1. The molecule has 0 radical (unpaired) electrons. The van der Waals surface area contributed by atoms with Crippen LogP contribution in [0.1, 0.15) is 85.0 Å². The Morgan fingerprint density at radius 3 is 2.37 bits per heavy atom. The van der Waals surface area contributed by atoms with Crippen molar-refractivity contribution in [2.45, 2.75) is 109 Å². The fourth-order valence-corrected chi connectivity index (χ4v) is 9.02. The van der Waals surface area contributed by atoms with Gasteiger partial charge in [-0.15, -0.1) is 0 Å². The number of aliphatic hydroxyl groups excluding tert-OH is 1. The number of esters is 1. The fraction of sp³-hybridized carbons (Fsp3) is 0.966. The van der Waals surface area contributed by atoms with Gasteiger partial charge in [0.05, 0.1) is 19.3 Å². The molecule has 200 valence electrons. The average Bonchev–Trinajstić information content (AvgIpc) is 3.46. The summed E-state index contributed by atoms with van der Waals surface area (Å²) >= 11 is 0. The second-order valence-electron chi connectivity index (χ2n) is 12.9. The lowest BCUT2D eigenvalue weighted by Crippen LogP contribution is -2.53. The Morgan fingerprint density at radius 1 is 0.971 bits per heavy atom. The maximum atomic E-state index is 12.1. The molecule has 0 aromatic carbocycles. The number of morpholine rings is 1. The van der Waals surface area contributed by atoms with Gasteiger partial charge in [0.25, 0.3) is 0 Å². The Balaban J connectivity index is 1.22. The van der Waals surface area contributed by atoms with Crippen LogP contribution in [-0.2, 0) is 14.3 Å². The molecule has 5 fully saturated rings. The first kappa shape index (κ1) is 25.9. The third kappa shape index (κ3) is 5.32. The lowest BCUT2D eigenvalue weighted by Gasteiger charge is -2.46. The number of carbonyl (C=O) groups excluding carboxylic acids is 1. The van der Waals surface area contributed by atoms with Gasteiger partial charge in [0.15, 0.2) is 0 Å². The molecule has 9 atom stereocenters. The van der Waals surface area contributed by atoms with Gasteiger partial charge < -0.3 is 14.6 Å². The number of hydrogen-bond donors (Lipinski definition) is 1. The van der Waals surface area contributed by atoms with E-state index in [-0.39, 0.29) is 23.6 Å². The van der Waals surface area contributed by atoms with E-state index in [2.05, 4.69) is 23.6 Å². The largest absolute Gasteiger partial charge is 0.460 e. The summed E-state index contributed by atoms with van der Waals surface area (Å²) in [6, 6.07) is 0.713. The van der Waals surface area contributed by atoms with Crippen LogP contribution in [-0.4, -0.2) is 84.6 Å². The number of likely N-dealkylation sites (tertiary alicyclic amines) is 1. The van der Waals surface area contributed by atoms with Crippen molar-refractivity contribution in [1.29, 1.82) is 0 Å². The molecule has 0 bridgehead atoms. The minimum Gasteiger partial charge on any atom is -0.460 e. The third-order valence-electron chi connectivity index (χ3n) is 10.9. The summed E-state index contributed by atoms with van der Waals surface area (Å²) in [5.41, 5.74) is 0.112. The predicted molar refractivity (Wildman–Crippen MR) is 137 cm³/mol. The SMILES string of the molecule is CC(=O)O[C@H]1[C@@H](N2CCCC2)CC2C(CC[C@H]3C[C@H](O)[C@@H](N4CCOCC4)C[C@H]3C)CCC[C@@]21C. The van der Waals surface area contributed by atoms with E-state index in [9.17, 15) is 9.90 Å². The van der Waals surface area contributed by atoms with E-state index in [4.69, 9.17) is 9.47 Å². The molecule has 0 spiro atoms. The van der Waals surface area contributed by atoms with Crippen molar-refractivity contribution in [1.82, 2.24) is 9.80 Å². The molecule has 2 unspecified atom stereocenters. The smallest absolute Gasteiger partial charge is 0.302 e. The maximum Gasteiger partial charge on any atom is 0.302 e. The lowest BCUT2D eigenvalue weighted by molar-refractivity contribution is -0.158. The van der Waals surface area contributed by atoms with Gasteiger partial charge in [-0.05, 0) is 88.1 Å². The van der Waals surface area contributed by atoms with E-state index < -0.39 is 0 Å². The van der Waals surface area contributed by atoms with Crippen LogP contribution in [0.2, 0.25) is 0 Å². The van der Waals surface area contributed by atoms with Gasteiger partial charge in [-0.25, -0.2) is 0 Å².